The Labute approximate surface area is 157 Å². The summed E-state index contributed by atoms with van der Waals surface area (Å²) in [5.74, 6) is -0.0341. The minimum Gasteiger partial charge on any atom is -0.496 e. The van der Waals surface area contributed by atoms with Crippen LogP contribution in [0.15, 0.2) is 57.7 Å². The number of carbonyl (C=O) groups is 1. The van der Waals surface area contributed by atoms with E-state index in [9.17, 15) is 9.59 Å². The Balaban J connectivity index is 1.73. The number of methoxy groups -OCH3 is 1. The van der Waals surface area contributed by atoms with E-state index in [4.69, 9.17) is 9.15 Å². The van der Waals surface area contributed by atoms with Crippen LogP contribution in [0.4, 0.5) is 0 Å². The van der Waals surface area contributed by atoms with Crippen LogP contribution in [-0.2, 0) is 11.3 Å². The molecule has 1 N–H and O–H groups in total. The van der Waals surface area contributed by atoms with E-state index >= 15 is 0 Å². The van der Waals surface area contributed by atoms with Crippen LogP contribution >= 0.6 is 0 Å². The highest BCUT2D eigenvalue weighted by molar-refractivity contribution is 5.79. The van der Waals surface area contributed by atoms with Crippen LogP contribution in [-0.4, -0.2) is 43.1 Å². The second-order valence-corrected chi connectivity index (χ2v) is 6.45. The Kier molecular flexibility index (Phi) is 5.61. The molecule has 1 aromatic heterocycles. The molecule has 0 aliphatic carbocycles. The van der Waals surface area contributed by atoms with Crippen LogP contribution in [0.5, 0.6) is 5.75 Å². The average Bonchev–Trinajstić information content (AvgIpc) is 2.97. The lowest BCUT2D eigenvalue weighted by molar-refractivity contribution is -0.121. The molecule has 7 nitrogen and oxygen atoms in total. The molecule has 0 fully saturated rings. The minimum absolute atomic E-state index is 0.0667. The van der Waals surface area contributed by atoms with Crippen molar-refractivity contribution in [2.75, 3.05) is 27.7 Å². The molecule has 0 saturated heterocycles. The SMILES string of the molecule is COc1ccccc1C(CNC(=O)Cn1c(=O)oc2ccccc21)N(C)C. The first-order chi connectivity index (χ1) is 13.0. The zero-order chi connectivity index (χ0) is 19.4. The third-order valence-electron chi connectivity index (χ3n) is 4.49. The summed E-state index contributed by atoms with van der Waals surface area (Å²) in [4.78, 5) is 26.5. The standard InChI is InChI=1S/C20H23N3O4/c1-22(2)16(14-8-4-6-10-17(14)26-3)12-21-19(24)13-23-15-9-5-7-11-18(15)27-20(23)25/h4-11,16H,12-13H2,1-3H3,(H,21,24). The van der Waals surface area contributed by atoms with E-state index in [0.29, 0.717) is 17.6 Å². The van der Waals surface area contributed by atoms with Crippen LogP contribution < -0.4 is 15.8 Å². The van der Waals surface area contributed by atoms with E-state index in [1.165, 1.54) is 4.57 Å². The molecule has 7 heteroatoms. The molecule has 0 aliphatic heterocycles. The van der Waals surface area contributed by atoms with Crippen molar-refractivity contribution in [3.8, 4) is 5.75 Å². The average molecular weight is 369 g/mol. The molecular formula is C20H23N3O4. The van der Waals surface area contributed by atoms with Gasteiger partial charge in [-0.25, -0.2) is 4.79 Å². The zero-order valence-electron chi connectivity index (χ0n) is 15.6. The highest BCUT2D eigenvalue weighted by atomic mass is 16.5. The molecule has 0 aliphatic rings. The van der Waals surface area contributed by atoms with Gasteiger partial charge in [0.05, 0.1) is 18.7 Å². The van der Waals surface area contributed by atoms with Crippen molar-refractivity contribution in [2.24, 2.45) is 0 Å². The maximum Gasteiger partial charge on any atom is 0.420 e. The predicted octanol–water partition coefficient (Wildman–Crippen LogP) is 2.02. The minimum atomic E-state index is -0.541. The number of carbonyl (C=O) groups excluding carboxylic acids is 1. The van der Waals surface area contributed by atoms with Gasteiger partial charge >= 0.3 is 5.76 Å². The van der Waals surface area contributed by atoms with Gasteiger partial charge in [0, 0.05) is 12.1 Å². The van der Waals surface area contributed by atoms with Crippen molar-refractivity contribution in [1.82, 2.24) is 14.8 Å². The molecule has 3 rings (SSSR count). The first-order valence-corrected chi connectivity index (χ1v) is 8.65. The molecule has 27 heavy (non-hydrogen) atoms. The van der Waals surface area contributed by atoms with Crippen molar-refractivity contribution < 1.29 is 13.9 Å². The van der Waals surface area contributed by atoms with Gasteiger partial charge in [0.15, 0.2) is 5.58 Å². The third-order valence-corrected chi connectivity index (χ3v) is 4.49. The van der Waals surface area contributed by atoms with Gasteiger partial charge in [-0.15, -0.1) is 0 Å². The summed E-state index contributed by atoms with van der Waals surface area (Å²) in [6, 6.07) is 14.7. The lowest BCUT2D eigenvalue weighted by Crippen LogP contribution is -2.37. The monoisotopic (exact) mass is 369 g/mol. The van der Waals surface area contributed by atoms with E-state index in [2.05, 4.69) is 5.32 Å². The zero-order valence-corrected chi connectivity index (χ0v) is 15.6. The summed E-state index contributed by atoms with van der Waals surface area (Å²) in [5.41, 5.74) is 2.05. The molecule has 1 atom stereocenters. The molecule has 142 valence electrons. The summed E-state index contributed by atoms with van der Waals surface area (Å²) in [5, 5.41) is 2.91. The number of ether oxygens (including phenoxy) is 1. The Hall–Kier alpha value is -3.06. The normalized spacial score (nSPS) is 12.3. The molecule has 3 aromatic rings. The number of rotatable bonds is 7. The van der Waals surface area contributed by atoms with Gasteiger partial charge in [-0.1, -0.05) is 30.3 Å². The van der Waals surface area contributed by atoms with Crippen LogP contribution in [0.1, 0.15) is 11.6 Å². The predicted molar refractivity (Wildman–Crippen MR) is 103 cm³/mol. The number of para-hydroxylation sites is 3. The molecule has 1 amide bonds. The van der Waals surface area contributed by atoms with E-state index < -0.39 is 5.76 Å². The Bertz CT molecular complexity index is 990. The van der Waals surface area contributed by atoms with Crippen molar-refractivity contribution in [2.45, 2.75) is 12.6 Å². The van der Waals surface area contributed by atoms with Crippen LogP contribution in [0.3, 0.4) is 0 Å². The summed E-state index contributed by atoms with van der Waals surface area (Å²) in [6.07, 6.45) is 0. The first-order valence-electron chi connectivity index (χ1n) is 8.65. The number of hydrogen-bond acceptors (Lipinski definition) is 5. The Morgan fingerprint density at radius 2 is 1.89 bits per heavy atom. The molecule has 1 heterocycles. The Morgan fingerprint density at radius 3 is 2.63 bits per heavy atom. The maximum absolute atomic E-state index is 12.5. The number of hydrogen-bond donors (Lipinski definition) is 1. The fraction of sp³-hybridized carbons (Fsp3) is 0.300. The second kappa shape index (κ2) is 8.09. The quantitative estimate of drug-likeness (QED) is 0.690. The molecule has 1 unspecified atom stereocenters. The molecule has 0 spiro atoms. The number of fused-ring (bicyclic) bond motifs is 1. The molecule has 0 bridgehead atoms. The van der Waals surface area contributed by atoms with E-state index in [1.807, 2.05) is 43.3 Å². The van der Waals surface area contributed by atoms with Crippen molar-refractivity contribution in [1.29, 1.82) is 0 Å². The molecular weight excluding hydrogens is 346 g/mol. The van der Waals surface area contributed by atoms with Crippen molar-refractivity contribution >= 4 is 17.0 Å². The van der Waals surface area contributed by atoms with E-state index in [0.717, 1.165) is 11.3 Å². The van der Waals surface area contributed by atoms with Gasteiger partial charge in [0.1, 0.15) is 12.3 Å². The number of likely N-dealkylation sites (N-methyl/N-ethyl adjacent to an activating group) is 1. The lowest BCUT2D eigenvalue weighted by Gasteiger charge is -2.26. The maximum atomic E-state index is 12.5. The van der Waals surface area contributed by atoms with Gasteiger partial charge in [0.2, 0.25) is 5.91 Å². The summed E-state index contributed by atoms with van der Waals surface area (Å²) < 4.78 is 11.9. The largest absolute Gasteiger partial charge is 0.496 e. The van der Waals surface area contributed by atoms with Gasteiger partial charge in [0.25, 0.3) is 0 Å². The second-order valence-electron chi connectivity index (χ2n) is 6.45. The van der Waals surface area contributed by atoms with E-state index in [-0.39, 0.29) is 18.5 Å². The van der Waals surface area contributed by atoms with Gasteiger partial charge in [-0.3, -0.25) is 9.36 Å². The van der Waals surface area contributed by atoms with Crippen molar-refractivity contribution in [3.63, 3.8) is 0 Å². The smallest absolute Gasteiger partial charge is 0.420 e. The fourth-order valence-corrected chi connectivity index (χ4v) is 3.09. The van der Waals surface area contributed by atoms with Crippen LogP contribution in [0.2, 0.25) is 0 Å². The van der Waals surface area contributed by atoms with Gasteiger partial charge < -0.3 is 19.4 Å². The first kappa shape index (κ1) is 18.7. The molecule has 0 radical (unpaired) electrons. The number of aromatic nitrogens is 1. The highest BCUT2D eigenvalue weighted by Crippen LogP contribution is 2.27. The number of amides is 1. The topological polar surface area (TPSA) is 76.7 Å². The van der Waals surface area contributed by atoms with Gasteiger partial charge in [-0.2, -0.15) is 0 Å². The lowest BCUT2D eigenvalue weighted by atomic mass is 10.0. The third kappa shape index (κ3) is 4.03. The van der Waals surface area contributed by atoms with Crippen LogP contribution in [0.25, 0.3) is 11.1 Å². The number of oxazole rings is 1. The number of nitrogens with zero attached hydrogens (tertiary/aromatic N) is 2. The van der Waals surface area contributed by atoms with Crippen molar-refractivity contribution in [3.05, 3.63) is 64.6 Å². The van der Waals surface area contributed by atoms with E-state index in [1.54, 1.807) is 31.4 Å². The summed E-state index contributed by atoms with van der Waals surface area (Å²) in [7, 11) is 5.51. The number of nitrogens with one attached hydrogen (secondary N) is 1. The number of benzene rings is 2. The molecule has 2 aromatic carbocycles. The summed E-state index contributed by atoms with van der Waals surface area (Å²) >= 11 is 0. The summed E-state index contributed by atoms with van der Waals surface area (Å²) in [6.45, 7) is 0.290. The fourth-order valence-electron chi connectivity index (χ4n) is 3.09. The highest BCUT2D eigenvalue weighted by Gasteiger charge is 2.20. The Morgan fingerprint density at radius 1 is 1.19 bits per heavy atom. The van der Waals surface area contributed by atoms with Gasteiger partial charge in [-0.05, 0) is 32.3 Å². The van der Waals surface area contributed by atoms with Crippen LogP contribution in [0, 0.1) is 0 Å². The molecule has 0 saturated carbocycles.